The highest BCUT2D eigenvalue weighted by Crippen LogP contribution is 2.30. The van der Waals surface area contributed by atoms with Crippen LogP contribution in [0.1, 0.15) is 12.0 Å². The van der Waals surface area contributed by atoms with Gasteiger partial charge in [-0.1, -0.05) is 6.07 Å². The number of nitrogens with one attached hydrogen (secondary N) is 2. The lowest BCUT2D eigenvalue weighted by Crippen LogP contribution is -2.48. The Bertz CT molecular complexity index is 1070. The summed E-state index contributed by atoms with van der Waals surface area (Å²) in [6, 6.07) is 7.59. The summed E-state index contributed by atoms with van der Waals surface area (Å²) in [7, 11) is 0. The monoisotopic (exact) mass is 489 g/mol. The molecule has 4 heterocycles. The number of urea groups is 1. The van der Waals surface area contributed by atoms with Crippen molar-refractivity contribution >= 4 is 24.3 Å². The van der Waals surface area contributed by atoms with Crippen molar-refractivity contribution < 1.29 is 9.53 Å². The first kappa shape index (κ1) is 24.5. The smallest absolute Gasteiger partial charge is 0.354 e. The first-order valence-electron chi connectivity index (χ1n) is 11.7. The number of halogens is 1. The van der Waals surface area contributed by atoms with Gasteiger partial charge in [0.05, 0.1) is 5.69 Å². The van der Waals surface area contributed by atoms with Crippen molar-refractivity contribution in [2.24, 2.45) is 11.7 Å². The number of piperazine rings is 1. The number of fused-ring (bicyclic) bond motifs is 1. The maximum Gasteiger partial charge on any atom is 0.354 e. The molecule has 2 amide bonds. The summed E-state index contributed by atoms with van der Waals surface area (Å²) in [6.45, 7) is 6.27. The third-order valence-electron chi connectivity index (χ3n) is 6.83. The Morgan fingerprint density at radius 2 is 2.06 bits per heavy atom. The fraction of sp³-hybridized carbons (Fsp3) is 0.522. The molecular weight excluding hydrogens is 458 g/mol. The highest BCUT2D eigenvalue weighted by molar-refractivity contribution is 5.88. The Morgan fingerprint density at radius 1 is 1.24 bits per heavy atom. The predicted octanol–water partition coefficient (Wildman–Crippen LogP) is 0.676. The molecule has 2 atom stereocenters. The SMILES string of the molecule is Cl.NC[C@@H]1CCN(C2COc3cc(-n4ccc(NC(=O)N5CCNCC5)nc4=O)ccc3C2)C1. The molecule has 2 fully saturated rings. The maximum atomic E-state index is 12.7. The number of benzene rings is 1. The average Bonchev–Trinajstić information content (AvgIpc) is 3.33. The summed E-state index contributed by atoms with van der Waals surface area (Å²) >= 11 is 0. The summed E-state index contributed by atoms with van der Waals surface area (Å²) in [5.41, 5.74) is 7.22. The first-order valence-corrected chi connectivity index (χ1v) is 11.7. The number of hydrogen-bond acceptors (Lipinski definition) is 7. The number of aromatic nitrogens is 2. The molecule has 1 aromatic carbocycles. The molecule has 5 rings (SSSR count). The molecule has 1 unspecified atom stereocenters. The van der Waals surface area contributed by atoms with E-state index in [0.29, 0.717) is 37.3 Å². The van der Waals surface area contributed by atoms with Gasteiger partial charge in [-0.25, -0.2) is 9.59 Å². The Hall–Kier alpha value is -2.66. The summed E-state index contributed by atoms with van der Waals surface area (Å²) < 4.78 is 7.55. The van der Waals surface area contributed by atoms with Gasteiger partial charge in [-0.15, -0.1) is 12.4 Å². The van der Waals surface area contributed by atoms with Crippen molar-refractivity contribution in [3.05, 3.63) is 46.5 Å². The standard InChI is InChI=1S/C23H31N7O3.ClH/c24-13-16-3-7-29(14-16)19-11-17-1-2-18(12-20(17)33-15-19)30-8-4-21(27-23(30)32)26-22(31)28-9-5-25-6-10-28;/h1-2,4,8,12,16,19,25H,3,5-7,9-11,13-15,24H2,(H,26,27,31,32);1H/t16-,19?;/m0./s1. The van der Waals surface area contributed by atoms with Gasteiger partial charge in [0, 0.05) is 51.0 Å². The first-order chi connectivity index (χ1) is 16.1. The number of carbonyl (C=O) groups excluding carboxylic acids is 1. The highest BCUT2D eigenvalue weighted by Gasteiger charge is 2.31. The zero-order valence-corrected chi connectivity index (χ0v) is 19.9. The predicted molar refractivity (Wildman–Crippen MR) is 132 cm³/mol. The van der Waals surface area contributed by atoms with E-state index in [2.05, 4.69) is 20.5 Å². The zero-order chi connectivity index (χ0) is 22.8. The summed E-state index contributed by atoms with van der Waals surface area (Å²) in [5, 5.41) is 5.92. The fourth-order valence-electron chi connectivity index (χ4n) is 4.84. The minimum atomic E-state index is -0.452. The van der Waals surface area contributed by atoms with Gasteiger partial charge >= 0.3 is 11.7 Å². The van der Waals surface area contributed by atoms with Crippen LogP contribution in [0.2, 0.25) is 0 Å². The third-order valence-corrected chi connectivity index (χ3v) is 6.83. The van der Waals surface area contributed by atoms with Gasteiger partial charge in [-0.05, 0) is 49.5 Å². The third kappa shape index (κ3) is 5.20. The second-order valence-corrected chi connectivity index (χ2v) is 8.98. The number of ether oxygens (including phenoxy) is 1. The van der Waals surface area contributed by atoms with Crippen LogP contribution in [0.3, 0.4) is 0 Å². The van der Waals surface area contributed by atoms with Crippen LogP contribution >= 0.6 is 12.4 Å². The van der Waals surface area contributed by atoms with Gasteiger partial charge in [-0.3, -0.25) is 14.8 Å². The van der Waals surface area contributed by atoms with Crippen LogP contribution in [-0.4, -0.2) is 83.8 Å². The molecule has 0 aliphatic carbocycles. The number of amides is 2. The molecule has 184 valence electrons. The lowest BCUT2D eigenvalue weighted by molar-refractivity contribution is 0.138. The normalized spacial score (nSPS) is 22.4. The Morgan fingerprint density at radius 3 is 2.79 bits per heavy atom. The molecule has 1 aromatic heterocycles. The van der Waals surface area contributed by atoms with Crippen molar-refractivity contribution in [2.75, 3.05) is 57.7 Å². The molecule has 10 nitrogen and oxygen atoms in total. The van der Waals surface area contributed by atoms with Crippen LogP contribution in [0.25, 0.3) is 5.69 Å². The van der Waals surface area contributed by atoms with E-state index in [4.69, 9.17) is 10.5 Å². The number of anilines is 1. The van der Waals surface area contributed by atoms with E-state index in [1.54, 1.807) is 17.2 Å². The molecule has 2 aromatic rings. The highest BCUT2D eigenvalue weighted by atomic mass is 35.5. The maximum absolute atomic E-state index is 12.7. The van der Waals surface area contributed by atoms with Crippen molar-refractivity contribution in [2.45, 2.75) is 18.9 Å². The zero-order valence-electron chi connectivity index (χ0n) is 19.1. The van der Waals surface area contributed by atoms with Crippen LogP contribution in [-0.2, 0) is 6.42 Å². The molecule has 34 heavy (non-hydrogen) atoms. The van der Waals surface area contributed by atoms with E-state index in [9.17, 15) is 9.59 Å². The van der Waals surface area contributed by atoms with Crippen LogP contribution < -0.4 is 26.8 Å². The molecule has 11 heteroatoms. The summed E-state index contributed by atoms with van der Waals surface area (Å²) in [5.74, 6) is 1.64. The van der Waals surface area contributed by atoms with Crippen molar-refractivity contribution in [3.63, 3.8) is 0 Å². The van der Waals surface area contributed by atoms with Gasteiger partial charge in [0.15, 0.2) is 0 Å². The molecule has 0 saturated carbocycles. The minimum absolute atomic E-state index is 0. The number of hydrogen-bond donors (Lipinski definition) is 3. The second kappa shape index (κ2) is 10.7. The molecule has 4 N–H and O–H groups in total. The fourth-order valence-corrected chi connectivity index (χ4v) is 4.84. The van der Waals surface area contributed by atoms with E-state index < -0.39 is 5.69 Å². The molecule has 3 aliphatic heterocycles. The molecule has 3 aliphatic rings. The van der Waals surface area contributed by atoms with E-state index in [0.717, 1.165) is 56.9 Å². The summed E-state index contributed by atoms with van der Waals surface area (Å²) in [4.78, 5) is 33.3. The van der Waals surface area contributed by atoms with Crippen molar-refractivity contribution in [1.82, 2.24) is 24.7 Å². The summed E-state index contributed by atoms with van der Waals surface area (Å²) in [6.07, 6.45) is 3.71. The van der Waals surface area contributed by atoms with Crippen LogP contribution in [0.5, 0.6) is 5.75 Å². The van der Waals surface area contributed by atoms with Crippen LogP contribution in [0.15, 0.2) is 35.3 Å². The van der Waals surface area contributed by atoms with Gasteiger partial charge < -0.3 is 20.7 Å². The van der Waals surface area contributed by atoms with E-state index in [1.165, 1.54) is 4.57 Å². The Labute approximate surface area is 204 Å². The lowest BCUT2D eigenvalue weighted by atomic mass is 10.0. The van der Waals surface area contributed by atoms with Crippen LogP contribution in [0.4, 0.5) is 10.6 Å². The number of rotatable bonds is 4. The van der Waals surface area contributed by atoms with Gasteiger partial charge in [-0.2, -0.15) is 4.98 Å². The van der Waals surface area contributed by atoms with Crippen molar-refractivity contribution in [3.8, 4) is 11.4 Å². The van der Waals surface area contributed by atoms with E-state index in [-0.39, 0.29) is 24.3 Å². The largest absolute Gasteiger partial charge is 0.492 e. The molecule has 0 spiro atoms. The number of likely N-dealkylation sites (tertiary alicyclic amines) is 1. The number of nitrogens with two attached hydrogens (primary N) is 1. The second-order valence-electron chi connectivity index (χ2n) is 8.98. The topological polar surface area (TPSA) is 118 Å². The lowest BCUT2D eigenvalue weighted by Gasteiger charge is -2.32. The van der Waals surface area contributed by atoms with E-state index >= 15 is 0 Å². The van der Waals surface area contributed by atoms with Crippen molar-refractivity contribution in [1.29, 1.82) is 0 Å². The molecular formula is C23H32ClN7O3. The van der Waals surface area contributed by atoms with E-state index in [1.807, 2.05) is 18.2 Å². The quantitative estimate of drug-likeness (QED) is 0.578. The Balaban J connectivity index is 0.00000274. The number of nitrogens with zero attached hydrogens (tertiary/aromatic N) is 4. The minimum Gasteiger partial charge on any atom is -0.492 e. The van der Waals surface area contributed by atoms with Gasteiger partial charge in [0.1, 0.15) is 18.2 Å². The van der Waals surface area contributed by atoms with Gasteiger partial charge in [0.25, 0.3) is 0 Å². The van der Waals surface area contributed by atoms with Crippen LogP contribution in [0, 0.1) is 5.92 Å². The molecule has 0 bridgehead atoms. The molecule has 0 radical (unpaired) electrons. The number of carbonyl (C=O) groups is 1. The molecule has 2 saturated heterocycles. The average molecular weight is 490 g/mol. The Kier molecular flexibility index (Phi) is 7.72. The van der Waals surface area contributed by atoms with Gasteiger partial charge in [0.2, 0.25) is 0 Å².